The van der Waals surface area contributed by atoms with E-state index in [9.17, 15) is 13.2 Å². The van der Waals surface area contributed by atoms with E-state index in [1.54, 1.807) is 97.2 Å². The van der Waals surface area contributed by atoms with E-state index in [2.05, 4.69) is 15.5 Å². The molecule has 1 aromatic heterocycles. The predicted molar refractivity (Wildman–Crippen MR) is 132 cm³/mol. The van der Waals surface area contributed by atoms with E-state index in [1.165, 1.54) is 10.5 Å². The predicted octanol–water partition coefficient (Wildman–Crippen LogP) is 4.24. The van der Waals surface area contributed by atoms with Crippen molar-refractivity contribution in [2.75, 3.05) is 4.31 Å². The summed E-state index contributed by atoms with van der Waals surface area (Å²) in [5, 5.41) is 3.92. The van der Waals surface area contributed by atoms with Crippen LogP contribution in [0.15, 0.2) is 119 Å². The zero-order chi connectivity index (χ0) is 23.8. The number of hydrogen-bond acceptors (Lipinski definition) is 5. The summed E-state index contributed by atoms with van der Waals surface area (Å²) in [5.41, 5.74) is 4.78. The van der Waals surface area contributed by atoms with E-state index < -0.39 is 10.0 Å². The fraction of sp³-hybridized carbons (Fsp3) is 0.0385. The minimum atomic E-state index is -3.79. The number of benzene rings is 3. The molecule has 0 radical (unpaired) electrons. The van der Waals surface area contributed by atoms with Gasteiger partial charge in [0.15, 0.2) is 0 Å². The Morgan fingerprint density at radius 1 is 0.853 bits per heavy atom. The first-order valence-corrected chi connectivity index (χ1v) is 11.9. The van der Waals surface area contributed by atoms with Gasteiger partial charge in [0.05, 0.1) is 29.0 Å². The Labute approximate surface area is 198 Å². The maximum absolute atomic E-state index is 13.4. The average molecular weight is 471 g/mol. The standard InChI is InChI=1S/C26H22N4O3S/c31-26(29-28-19-23-9-7-8-18-27-23)22-16-14-21(15-17-22)20-30(24-10-3-1-4-11-24)34(32,33)25-12-5-2-6-13-25/h1-19H,20H2,(H,29,31)/b28-19-. The SMILES string of the molecule is O=C(N/N=C\c1ccccn1)c1ccc(CN(c2ccccc2)S(=O)(=O)c2ccccc2)cc1. The fourth-order valence-electron chi connectivity index (χ4n) is 3.23. The lowest BCUT2D eigenvalue weighted by Gasteiger charge is -2.24. The van der Waals surface area contributed by atoms with Crippen LogP contribution in [0.4, 0.5) is 5.69 Å². The van der Waals surface area contributed by atoms with E-state index in [1.807, 2.05) is 12.1 Å². The lowest BCUT2D eigenvalue weighted by Crippen LogP contribution is -2.30. The van der Waals surface area contributed by atoms with Gasteiger partial charge in [-0.15, -0.1) is 0 Å². The largest absolute Gasteiger partial charge is 0.271 e. The molecule has 1 heterocycles. The second kappa shape index (κ2) is 10.5. The highest BCUT2D eigenvalue weighted by Gasteiger charge is 2.25. The Hall–Kier alpha value is -4.30. The average Bonchev–Trinajstić information content (AvgIpc) is 2.89. The number of carbonyl (C=O) groups excluding carboxylic acids is 1. The van der Waals surface area contributed by atoms with Crippen molar-refractivity contribution in [3.63, 3.8) is 0 Å². The van der Waals surface area contributed by atoms with Crippen LogP contribution in [0, 0.1) is 0 Å². The monoisotopic (exact) mass is 470 g/mol. The van der Waals surface area contributed by atoms with Crippen molar-refractivity contribution >= 4 is 27.8 Å². The molecule has 1 N–H and O–H groups in total. The highest BCUT2D eigenvalue weighted by molar-refractivity contribution is 7.92. The van der Waals surface area contributed by atoms with Crippen LogP contribution in [0.3, 0.4) is 0 Å². The third-order valence-corrected chi connectivity index (χ3v) is 6.76. The minimum absolute atomic E-state index is 0.112. The molecular formula is C26H22N4O3S. The van der Waals surface area contributed by atoms with E-state index in [0.29, 0.717) is 16.9 Å². The number of aromatic nitrogens is 1. The summed E-state index contributed by atoms with van der Waals surface area (Å²) >= 11 is 0. The molecule has 34 heavy (non-hydrogen) atoms. The van der Waals surface area contributed by atoms with Gasteiger partial charge in [0.2, 0.25) is 0 Å². The molecule has 0 aliphatic heterocycles. The number of hydrogen-bond donors (Lipinski definition) is 1. The Morgan fingerprint density at radius 2 is 1.50 bits per heavy atom. The summed E-state index contributed by atoms with van der Waals surface area (Å²) in [7, 11) is -3.79. The number of carbonyl (C=O) groups is 1. The number of anilines is 1. The van der Waals surface area contributed by atoms with Crippen molar-refractivity contribution in [3.05, 3.63) is 126 Å². The summed E-state index contributed by atoms with van der Waals surface area (Å²) in [5.74, 6) is -0.379. The number of sulfonamides is 1. The summed E-state index contributed by atoms with van der Waals surface area (Å²) in [6.45, 7) is 0.112. The van der Waals surface area contributed by atoms with Crippen molar-refractivity contribution in [3.8, 4) is 0 Å². The molecule has 3 aromatic carbocycles. The molecule has 0 aliphatic rings. The second-order valence-electron chi connectivity index (χ2n) is 7.31. The third kappa shape index (κ3) is 5.54. The second-order valence-corrected chi connectivity index (χ2v) is 9.17. The van der Waals surface area contributed by atoms with Crippen LogP contribution in [-0.2, 0) is 16.6 Å². The fourth-order valence-corrected chi connectivity index (χ4v) is 4.70. The van der Waals surface area contributed by atoms with Gasteiger partial charge in [-0.1, -0.05) is 54.6 Å². The molecule has 0 spiro atoms. The first kappa shape index (κ1) is 22.9. The Morgan fingerprint density at radius 3 is 2.15 bits per heavy atom. The van der Waals surface area contributed by atoms with Gasteiger partial charge < -0.3 is 0 Å². The quantitative estimate of drug-likeness (QED) is 0.308. The molecule has 0 aliphatic carbocycles. The molecule has 4 aromatic rings. The summed E-state index contributed by atoms with van der Waals surface area (Å²) in [6.07, 6.45) is 3.09. The zero-order valence-corrected chi connectivity index (χ0v) is 19.0. The molecule has 1 amide bonds. The van der Waals surface area contributed by atoms with Crippen LogP contribution in [0.1, 0.15) is 21.6 Å². The van der Waals surface area contributed by atoms with Gasteiger partial charge in [-0.25, -0.2) is 13.8 Å². The maximum atomic E-state index is 13.4. The van der Waals surface area contributed by atoms with Crippen LogP contribution in [0.25, 0.3) is 0 Å². The molecule has 0 fully saturated rings. The first-order valence-electron chi connectivity index (χ1n) is 10.5. The van der Waals surface area contributed by atoms with Crippen molar-refractivity contribution in [2.24, 2.45) is 5.10 Å². The van der Waals surface area contributed by atoms with Gasteiger partial charge in [0.1, 0.15) is 0 Å². The lowest BCUT2D eigenvalue weighted by molar-refractivity contribution is 0.0955. The number of para-hydroxylation sites is 1. The van der Waals surface area contributed by atoms with Gasteiger partial charge >= 0.3 is 0 Å². The van der Waals surface area contributed by atoms with Gasteiger partial charge in [-0.05, 0) is 54.1 Å². The van der Waals surface area contributed by atoms with E-state index in [0.717, 1.165) is 5.56 Å². The molecule has 7 nitrogen and oxygen atoms in total. The number of nitrogens with one attached hydrogen (secondary N) is 1. The van der Waals surface area contributed by atoms with E-state index in [4.69, 9.17) is 0 Å². The topological polar surface area (TPSA) is 91.7 Å². The number of pyridine rings is 1. The molecule has 0 bridgehead atoms. The molecular weight excluding hydrogens is 448 g/mol. The Kier molecular flexibility index (Phi) is 7.10. The highest BCUT2D eigenvalue weighted by Crippen LogP contribution is 2.25. The third-order valence-electron chi connectivity index (χ3n) is 4.97. The molecule has 0 saturated heterocycles. The normalized spacial score (nSPS) is 11.3. The van der Waals surface area contributed by atoms with Crippen LogP contribution in [-0.4, -0.2) is 25.5 Å². The number of rotatable bonds is 8. The highest BCUT2D eigenvalue weighted by atomic mass is 32.2. The Bertz CT molecular complexity index is 1360. The van der Waals surface area contributed by atoms with Gasteiger partial charge in [-0.3, -0.25) is 14.1 Å². The number of nitrogens with zero attached hydrogens (tertiary/aromatic N) is 3. The Balaban J connectivity index is 1.51. The summed E-state index contributed by atoms with van der Waals surface area (Å²) in [6, 6.07) is 29.4. The summed E-state index contributed by atoms with van der Waals surface area (Å²) in [4.78, 5) is 16.7. The van der Waals surface area contributed by atoms with Gasteiger partial charge in [-0.2, -0.15) is 5.10 Å². The van der Waals surface area contributed by atoms with Crippen LogP contribution >= 0.6 is 0 Å². The maximum Gasteiger partial charge on any atom is 0.271 e. The van der Waals surface area contributed by atoms with Crippen molar-refractivity contribution in [1.82, 2.24) is 10.4 Å². The van der Waals surface area contributed by atoms with Crippen molar-refractivity contribution in [1.29, 1.82) is 0 Å². The molecule has 0 saturated carbocycles. The first-order chi connectivity index (χ1) is 16.5. The molecule has 8 heteroatoms. The number of hydrazone groups is 1. The van der Waals surface area contributed by atoms with Crippen LogP contribution < -0.4 is 9.73 Å². The molecule has 4 rings (SSSR count). The molecule has 0 unspecified atom stereocenters. The van der Waals surface area contributed by atoms with Gasteiger partial charge in [0.25, 0.3) is 15.9 Å². The molecule has 0 atom stereocenters. The van der Waals surface area contributed by atoms with Crippen molar-refractivity contribution in [2.45, 2.75) is 11.4 Å². The van der Waals surface area contributed by atoms with Gasteiger partial charge in [0, 0.05) is 11.8 Å². The molecule has 170 valence electrons. The van der Waals surface area contributed by atoms with Crippen LogP contribution in [0.2, 0.25) is 0 Å². The van der Waals surface area contributed by atoms with E-state index in [-0.39, 0.29) is 17.3 Å². The van der Waals surface area contributed by atoms with E-state index >= 15 is 0 Å². The number of amides is 1. The summed E-state index contributed by atoms with van der Waals surface area (Å²) < 4.78 is 28.1. The smallest absolute Gasteiger partial charge is 0.267 e. The minimum Gasteiger partial charge on any atom is -0.267 e. The van der Waals surface area contributed by atoms with Crippen molar-refractivity contribution < 1.29 is 13.2 Å². The van der Waals surface area contributed by atoms with Crippen LogP contribution in [0.5, 0.6) is 0 Å². The lowest BCUT2D eigenvalue weighted by atomic mass is 10.1. The zero-order valence-electron chi connectivity index (χ0n) is 18.2.